The third-order valence-corrected chi connectivity index (χ3v) is 6.03. The van der Waals surface area contributed by atoms with Crippen molar-refractivity contribution in [3.8, 4) is 0 Å². The first-order chi connectivity index (χ1) is 16.2. The second kappa shape index (κ2) is 9.94. The lowest BCUT2D eigenvalue weighted by Gasteiger charge is -2.27. The molecule has 0 aromatic carbocycles. The molecule has 2 aliphatic heterocycles. The predicted molar refractivity (Wildman–Crippen MR) is 129 cm³/mol. The zero-order chi connectivity index (χ0) is 26.1. The number of aromatic nitrogens is 1. The lowest BCUT2D eigenvalue weighted by Crippen LogP contribution is -2.41. The van der Waals surface area contributed by atoms with Crippen LogP contribution in [0.4, 0.5) is 9.59 Å². The monoisotopic (exact) mass is 507 g/mol. The molecule has 0 saturated carbocycles. The van der Waals surface area contributed by atoms with Crippen LogP contribution in [0.1, 0.15) is 69.6 Å². The van der Waals surface area contributed by atoms with Gasteiger partial charge in [-0.1, -0.05) is 6.08 Å². The number of ether oxygens (including phenoxy) is 2. The molecule has 3 rings (SSSR count). The van der Waals surface area contributed by atoms with Gasteiger partial charge in [0, 0.05) is 0 Å². The highest BCUT2D eigenvalue weighted by Gasteiger charge is 2.46. The Morgan fingerprint density at radius 3 is 2.49 bits per heavy atom. The van der Waals surface area contributed by atoms with Crippen LogP contribution in [0.15, 0.2) is 12.7 Å². The SMILES string of the molecule is C=CCON1C(=O)N2Cc3nc(CN(C(=N)CC(=O)OC(C)(C)C)C(=O)OC(C)(C)C)sc3C1C2. The molecule has 12 heteroatoms. The summed E-state index contributed by atoms with van der Waals surface area (Å²) in [6, 6.07) is -0.535. The number of rotatable bonds is 7. The van der Waals surface area contributed by atoms with Crippen molar-refractivity contribution in [2.24, 2.45) is 0 Å². The molecule has 1 N–H and O–H groups in total. The number of urea groups is 1. The van der Waals surface area contributed by atoms with E-state index in [1.165, 1.54) is 16.4 Å². The average molecular weight is 508 g/mol. The van der Waals surface area contributed by atoms with E-state index < -0.39 is 29.7 Å². The smallest absolute Gasteiger partial charge is 0.416 e. The van der Waals surface area contributed by atoms with Crippen LogP contribution in [0.25, 0.3) is 0 Å². The van der Waals surface area contributed by atoms with Crippen LogP contribution in [0, 0.1) is 5.41 Å². The zero-order valence-electron chi connectivity index (χ0n) is 21.0. The first kappa shape index (κ1) is 26.6. The van der Waals surface area contributed by atoms with Crippen LogP contribution < -0.4 is 0 Å². The van der Waals surface area contributed by atoms with Gasteiger partial charge in [-0.2, -0.15) is 5.06 Å². The number of thiazole rings is 1. The molecule has 2 aliphatic rings. The maximum absolute atomic E-state index is 13.0. The fraction of sp³-hybridized carbons (Fsp3) is 0.609. The van der Waals surface area contributed by atoms with Gasteiger partial charge in [-0.3, -0.25) is 19.9 Å². The summed E-state index contributed by atoms with van der Waals surface area (Å²) in [6.07, 6.45) is 0.421. The molecule has 3 heterocycles. The van der Waals surface area contributed by atoms with Crippen molar-refractivity contribution in [2.45, 2.75) is 78.3 Å². The van der Waals surface area contributed by atoms with Crippen molar-refractivity contribution < 1.29 is 28.7 Å². The molecular formula is C23H33N5O6S. The Hall–Kier alpha value is -2.99. The Kier molecular flexibility index (Phi) is 7.56. The quantitative estimate of drug-likeness (QED) is 0.256. The van der Waals surface area contributed by atoms with Gasteiger partial charge in [0.1, 0.15) is 34.5 Å². The van der Waals surface area contributed by atoms with Gasteiger partial charge in [0.2, 0.25) is 0 Å². The molecule has 1 aromatic rings. The maximum atomic E-state index is 13.0. The number of carbonyl (C=O) groups is 3. The number of nitrogens with one attached hydrogen (secondary N) is 1. The Balaban J connectivity index is 1.81. The number of amidine groups is 1. The van der Waals surface area contributed by atoms with Crippen molar-refractivity contribution in [2.75, 3.05) is 13.2 Å². The summed E-state index contributed by atoms with van der Waals surface area (Å²) in [4.78, 5) is 51.7. The molecular weight excluding hydrogens is 474 g/mol. The summed E-state index contributed by atoms with van der Waals surface area (Å²) in [6.45, 7) is 15.0. The third-order valence-electron chi connectivity index (χ3n) is 4.85. The highest BCUT2D eigenvalue weighted by Crippen LogP contribution is 2.41. The van der Waals surface area contributed by atoms with E-state index in [0.29, 0.717) is 18.1 Å². The van der Waals surface area contributed by atoms with Crippen molar-refractivity contribution in [3.05, 3.63) is 28.2 Å². The van der Waals surface area contributed by atoms with E-state index in [1.54, 1.807) is 52.5 Å². The molecule has 192 valence electrons. The molecule has 0 radical (unpaired) electrons. The Labute approximate surface area is 209 Å². The van der Waals surface area contributed by atoms with Gasteiger partial charge in [0.25, 0.3) is 0 Å². The van der Waals surface area contributed by atoms with Gasteiger partial charge in [-0.25, -0.2) is 14.6 Å². The molecule has 3 amide bonds. The summed E-state index contributed by atoms with van der Waals surface area (Å²) < 4.78 is 10.8. The standard InChI is InChI=1S/C23H33N5O6S/c1-8-9-32-28-15-12-26(20(28)30)11-14-19(15)35-17(25-14)13-27(21(31)34-23(5,6)7)16(24)10-18(29)33-22(2,3)4/h8,15,24H,1,9-13H2,2-7H3. The molecule has 35 heavy (non-hydrogen) atoms. The number of carbonyl (C=O) groups excluding carboxylic acids is 3. The average Bonchev–Trinajstić information content (AvgIpc) is 3.21. The molecule has 2 bridgehead atoms. The maximum Gasteiger partial charge on any atom is 0.416 e. The van der Waals surface area contributed by atoms with Crippen LogP contribution in [0.5, 0.6) is 0 Å². The zero-order valence-corrected chi connectivity index (χ0v) is 21.9. The molecule has 11 nitrogen and oxygen atoms in total. The first-order valence-electron chi connectivity index (χ1n) is 11.3. The lowest BCUT2D eigenvalue weighted by atomic mass is 10.1. The molecule has 1 saturated heterocycles. The van der Waals surface area contributed by atoms with E-state index >= 15 is 0 Å². The molecule has 1 fully saturated rings. The largest absolute Gasteiger partial charge is 0.460 e. The number of fused-ring (bicyclic) bond motifs is 4. The molecule has 0 spiro atoms. The Morgan fingerprint density at radius 1 is 1.23 bits per heavy atom. The van der Waals surface area contributed by atoms with Gasteiger partial charge < -0.3 is 14.4 Å². The highest BCUT2D eigenvalue weighted by molar-refractivity contribution is 7.11. The van der Waals surface area contributed by atoms with E-state index in [1.807, 2.05) is 0 Å². The van der Waals surface area contributed by atoms with E-state index in [9.17, 15) is 14.4 Å². The summed E-state index contributed by atoms with van der Waals surface area (Å²) in [7, 11) is 0. The summed E-state index contributed by atoms with van der Waals surface area (Å²) >= 11 is 1.34. The number of amides is 3. The fourth-order valence-electron chi connectivity index (χ4n) is 3.60. The molecule has 1 atom stereocenters. The van der Waals surface area contributed by atoms with Gasteiger partial charge in [0.15, 0.2) is 0 Å². The van der Waals surface area contributed by atoms with E-state index in [0.717, 1.165) is 15.5 Å². The molecule has 1 aromatic heterocycles. The van der Waals surface area contributed by atoms with Crippen molar-refractivity contribution in [1.29, 1.82) is 5.41 Å². The minimum absolute atomic E-state index is 0.0532. The third kappa shape index (κ3) is 6.57. The van der Waals surface area contributed by atoms with Crippen molar-refractivity contribution in [1.82, 2.24) is 19.8 Å². The number of nitrogens with zero attached hydrogens (tertiary/aromatic N) is 4. The second-order valence-electron chi connectivity index (χ2n) is 10.3. The second-order valence-corrected chi connectivity index (χ2v) is 11.4. The van der Waals surface area contributed by atoms with Crippen LogP contribution in [-0.4, -0.2) is 68.1 Å². The number of esters is 1. The van der Waals surface area contributed by atoms with Gasteiger partial charge in [0.05, 0.1) is 36.8 Å². The summed E-state index contributed by atoms with van der Waals surface area (Å²) in [5, 5.41) is 10.4. The topological polar surface area (TPSA) is 125 Å². The summed E-state index contributed by atoms with van der Waals surface area (Å²) in [5.74, 6) is -0.869. The Morgan fingerprint density at radius 2 is 1.89 bits per heavy atom. The predicted octanol–water partition coefficient (Wildman–Crippen LogP) is 4.00. The van der Waals surface area contributed by atoms with Gasteiger partial charge >= 0.3 is 18.1 Å². The fourth-order valence-corrected chi connectivity index (χ4v) is 4.74. The van der Waals surface area contributed by atoms with E-state index in [-0.39, 0.29) is 31.1 Å². The van der Waals surface area contributed by atoms with Gasteiger partial charge in [-0.15, -0.1) is 17.9 Å². The van der Waals surface area contributed by atoms with Gasteiger partial charge in [-0.05, 0) is 41.5 Å². The molecule has 0 aliphatic carbocycles. The number of hydroxylamine groups is 2. The minimum atomic E-state index is -0.792. The van der Waals surface area contributed by atoms with Crippen molar-refractivity contribution in [3.63, 3.8) is 0 Å². The minimum Gasteiger partial charge on any atom is -0.460 e. The molecule has 1 unspecified atom stereocenters. The van der Waals surface area contributed by atoms with Crippen molar-refractivity contribution >= 4 is 35.3 Å². The van der Waals surface area contributed by atoms with Crippen LogP contribution in [0.3, 0.4) is 0 Å². The summed E-state index contributed by atoms with van der Waals surface area (Å²) in [5.41, 5.74) is -0.782. The highest BCUT2D eigenvalue weighted by atomic mass is 32.1. The lowest BCUT2D eigenvalue weighted by molar-refractivity contribution is -0.153. The van der Waals surface area contributed by atoms with E-state index in [2.05, 4.69) is 11.6 Å². The van der Waals surface area contributed by atoms with E-state index in [4.69, 9.17) is 19.7 Å². The number of hydrogen-bond donors (Lipinski definition) is 1. The van der Waals surface area contributed by atoms with Crippen LogP contribution in [-0.2, 0) is 32.2 Å². The van der Waals surface area contributed by atoms with Crippen LogP contribution in [0.2, 0.25) is 0 Å². The normalized spacial score (nSPS) is 17.2. The van der Waals surface area contributed by atoms with Crippen LogP contribution >= 0.6 is 11.3 Å². The number of hydrogen-bond acceptors (Lipinski definition) is 9. The Bertz CT molecular complexity index is 1020. The first-order valence-corrected chi connectivity index (χ1v) is 12.1.